The predicted molar refractivity (Wildman–Crippen MR) is 81.9 cm³/mol. The number of anilines is 1. The van der Waals surface area contributed by atoms with Crippen molar-refractivity contribution < 1.29 is 13.5 Å². The van der Waals surface area contributed by atoms with E-state index in [9.17, 15) is 4.39 Å². The average molecular weight is 372 g/mol. The van der Waals surface area contributed by atoms with E-state index in [-0.39, 0.29) is 11.6 Å². The van der Waals surface area contributed by atoms with Crippen LogP contribution in [0, 0.1) is 5.82 Å². The lowest BCUT2D eigenvalue weighted by Crippen LogP contribution is -1.97. The van der Waals surface area contributed by atoms with Crippen molar-refractivity contribution in [3.8, 4) is 5.75 Å². The Morgan fingerprint density at radius 3 is 2.95 bits per heavy atom. The van der Waals surface area contributed by atoms with E-state index in [2.05, 4.69) is 20.9 Å². The Morgan fingerprint density at radius 1 is 1.33 bits per heavy atom. The van der Waals surface area contributed by atoms with E-state index < -0.39 is 5.82 Å². The first-order chi connectivity index (χ1) is 10.0. The highest BCUT2D eigenvalue weighted by molar-refractivity contribution is 9.10. The van der Waals surface area contributed by atoms with Crippen molar-refractivity contribution in [3.63, 3.8) is 0 Å². The van der Waals surface area contributed by atoms with E-state index in [4.69, 9.17) is 26.5 Å². The zero-order valence-corrected chi connectivity index (χ0v) is 12.9. The fraction of sp³-hybridized carbons (Fsp3) is 0.0714. The van der Waals surface area contributed by atoms with Gasteiger partial charge in [0, 0.05) is 17.8 Å². The van der Waals surface area contributed by atoms with Gasteiger partial charge in [-0.1, -0.05) is 11.6 Å². The molecule has 1 heterocycles. The number of oxazole rings is 1. The minimum absolute atomic E-state index is 0.0200. The monoisotopic (exact) mass is 370 g/mol. The number of aromatic nitrogens is 1. The fourth-order valence-electron chi connectivity index (χ4n) is 1.81. The molecule has 108 valence electrons. The lowest BCUT2D eigenvalue weighted by atomic mass is 10.3. The Kier molecular flexibility index (Phi) is 3.73. The maximum absolute atomic E-state index is 13.4. The first-order valence-corrected chi connectivity index (χ1v) is 7.12. The van der Waals surface area contributed by atoms with Gasteiger partial charge in [-0.3, -0.25) is 0 Å². The average Bonchev–Trinajstić information content (AvgIpc) is 2.83. The zero-order valence-electron chi connectivity index (χ0n) is 10.6. The van der Waals surface area contributed by atoms with Crippen molar-refractivity contribution in [1.29, 1.82) is 0 Å². The molecule has 7 heteroatoms. The Labute approximate surface area is 132 Å². The minimum Gasteiger partial charge on any atom is -0.483 e. The van der Waals surface area contributed by atoms with Gasteiger partial charge in [-0.25, -0.2) is 9.37 Å². The molecule has 0 amide bonds. The summed E-state index contributed by atoms with van der Waals surface area (Å²) in [5.74, 6) is 0.136. The normalized spacial score (nSPS) is 11.0. The van der Waals surface area contributed by atoms with Crippen LogP contribution in [0.15, 0.2) is 39.2 Å². The summed E-state index contributed by atoms with van der Waals surface area (Å²) < 4.78 is 25.0. The fourth-order valence-corrected chi connectivity index (χ4v) is 2.56. The van der Waals surface area contributed by atoms with E-state index in [1.807, 2.05) is 0 Å². The summed E-state index contributed by atoms with van der Waals surface area (Å²) in [6.07, 6.45) is 0. The molecule has 2 N–H and O–H groups in total. The number of rotatable bonds is 3. The topological polar surface area (TPSA) is 61.3 Å². The van der Waals surface area contributed by atoms with Gasteiger partial charge < -0.3 is 14.9 Å². The van der Waals surface area contributed by atoms with Crippen LogP contribution in [0.4, 0.5) is 10.1 Å². The maximum atomic E-state index is 13.4. The standard InChI is InChI=1S/C14H9BrClFN2O2/c15-8-4-9(16)10(17)5-12(8)20-6-14-19-11-2-1-7(18)3-13(11)21-14/h1-5H,6,18H2. The van der Waals surface area contributed by atoms with Crippen LogP contribution in [0.3, 0.4) is 0 Å². The number of nitrogens with two attached hydrogens (primary N) is 1. The summed E-state index contributed by atoms with van der Waals surface area (Å²) in [5, 5.41) is 0.0200. The molecule has 0 spiro atoms. The summed E-state index contributed by atoms with van der Waals surface area (Å²) >= 11 is 8.92. The van der Waals surface area contributed by atoms with Crippen LogP contribution in [0.1, 0.15) is 5.89 Å². The van der Waals surface area contributed by atoms with Crippen molar-refractivity contribution in [2.75, 3.05) is 5.73 Å². The molecule has 0 aliphatic carbocycles. The molecule has 3 aromatic rings. The zero-order chi connectivity index (χ0) is 15.0. The molecule has 0 atom stereocenters. The summed E-state index contributed by atoms with van der Waals surface area (Å²) in [6.45, 7) is 0.0637. The molecule has 21 heavy (non-hydrogen) atoms. The number of ether oxygens (including phenoxy) is 1. The molecular formula is C14H9BrClFN2O2. The van der Waals surface area contributed by atoms with Crippen molar-refractivity contribution >= 4 is 44.3 Å². The quantitative estimate of drug-likeness (QED) is 0.542. The second-order valence-electron chi connectivity index (χ2n) is 4.32. The summed E-state index contributed by atoms with van der Waals surface area (Å²) in [6, 6.07) is 7.81. The predicted octanol–water partition coefficient (Wildman–Crippen LogP) is 4.54. The van der Waals surface area contributed by atoms with Crippen LogP contribution < -0.4 is 10.5 Å². The highest BCUT2D eigenvalue weighted by Crippen LogP contribution is 2.31. The third kappa shape index (κ3) is 2.96. The molecule has 0 radical (unpaired) electrons. The van der Waals surface area contributed by atoms with E-state index in [0.29, 0.717) is 32.9 Å². The van der Waals surface area contributed by atoms with Crippen LogP contribution in [-0.2, 0) is 6.61 Å². The van der Waals surface area contributed by atoms with Gasteiger partial charge in [0.2, 0.25) is 5.89 Å². The summed E-state index contributed by atoms with van der Waals surface area (Å²) in [4.78, 5) is 4.26. The van der Waals surface area contributed by atoms with E-state index in [1.54, 1.807) is 18.2 Å². The smallest absolute Gasteiger partial charge is 0.233 e. The molecule has 1 aromatic heterocycles. The third-order valence-corrected chi connectivity index (χ3v) is 3.69. The van der Waals surface area contributed by atoms with E-state index in [0.717, 1.165) is 0 Å². The second kappa shape index (κ2) is 5.54. The molecule has 2 aromatic carbocycles. The molecule has 0 saturated heterocycles. The summed E-state index contributed by atoms with van der Waals surface area (Å²) in [7, 11) is 0. The first-order valence-electron chi connectivity index (χ1n) is 5.95. The largest absolute Gasteiger partial charge is 0.483 e. The van der Waals surface area contributed by atoms with Gasteiger partial charge in [0.25, 0.3) is 0 Å². The van der Waals surface area contributed by atoms with Gasteiger partial charge in [-0.2, -0.15) is 0 Å². The molecule has 4 nitrogen and oxygen atoms in total. The molecule has 0 fully saturated rings. The number of nitrogen functional groups attached to an aromatic ring is 1. The van der Waals surface area contributed by atoms with E-state index in [1.165, 1.54) is 12.1 Å². The third-order valence-electron chi connectivity index (χ3n) is 2.78. The van der Waals surface area contributed by atoms with Crippen molar-refractivity contribution in [3.05, 3.63) is 51.5 Å². The molecule has 0 unspecified atom stereocenters. The number of halogens is 3. The van der Waals surface area contributed by atoms with Gasteiger partial charge in [-0.05, 0) is 34.1 Å². The molecule has 0 aliphatic heterocycles. The van der Waals surface area contributed by atoms with Crippen molar-refractivity contribution in [2.45, 2.75) is 6.61 Å². The first kappa shape index (κ1) is 14.2. The number of fused-ring (bicyclic) bond motifs is 1. The number of hydrogen-bond donors (Lipinski definition) is 1. The summed E-state index contributed by atoms with van der Waals surface area (Å²) in [5.41, 5.74) is 7.52. The molecule has 3 rings (SSSR count). The van der Waals surface area contributed by atoms with Crippen LogP contribution in [0.25, 0.3) is 11.1 Å². The number of hydrogen-bond acceptors (Lipinski definition) is 4. The SMILES string of the molecule is Nc1ccc2nc(COc3cc(F)c(Cl)cc3Br)oc2c1. The van der Waals surface area contributed by atoms with Crippen molar-refractivity contribution in [2.24, 2.45) is 0 Å². The number of nitrogens with zero attached hydrogens (tertiary/aromatic N) is 1. The van der Waals surface area contributed by atoms with Crippen LogP contribution in [0.5, 0.6) is 5.75 Å². The minimum atomic E-state index is -0.555. The Morgan fingerprint density at radius 2 is 2.14 bits per heavy atom. The molecule has 0 bridgehead atoms. The maximum Gasteiger partial charge on any atom is 0.233 e. The van der Waals surface area contributed by atoms with Gasteiger partial charge in [0.1, 0.15) is 17.1 Å². The highest BCUT2D eigenvalue weighted by Gasteiger charge is 2.11. The molecular weight excluding hydrogens is 363 g/mol. The van der Waals surface area contributed by atoms with Gasteiger partial charge in [0.05, 0.1) is 9.50 Å². The van der Waals surface area contributed by atoms with Crippen molar-refractivity contribution in [1.82, 2.24) is 4.98 Å². The van der Waals surface area contributed by atoms with Gasteiger partial charge in [0.15, 0.2) is 12.2 Å². The highest BCUT2D eigenvalue weighted by atomic mass is 79.9. The van der Waals surface area contributed by atoms with Gasteiger partial charge in [-0.15, -0.1) is 0 Å². The Balaban J connectivity index is 1.81. The number of benzene rings is 2. The Hall–Kier alpha value is -1.79. The van der Waals surface area contributed by atoms with E-state index >= 15 is 0 Å². The molecule has 0 aliphatic rings. The van der Waals surface area contributed by atoms with Crippen LogP contribution in [-0.4, -0.2) is 4.98 Å². The second-order valence-corrected chi connectivity index (χ2v) is 5.58. The van der Waals surface area contributed by atoms with Crippen LogP contribution in [0.2, 0.25) is 5.02 Å². The van der Waals surface area contributed by atoms with Crippen LogP contribution >= 0.6 is 27.5 Å². The lowest BCUT2D eigenvalue weighted by Gasteiger charge is -2.06. The lowest BCUT2D eigenvalue weighted by molar-refractivity contribution is 0.264. The van der Waals surface area contributed by atoms with Gasteiger partial charge >= 0.3 is 0 Å². The Bertz CT molecular complexity index is 822. The molecule has 0 saturated carbocycles.